The first kappa shape index (κ1) is 12.4. The third-order valence-electron chi connectivity index (χ3n) is 1.86. The molecule has 4 nitrogen and oxygen atoms in total. The van der Waals surface area contributed by atoms with E-state index >= 15 is 0 Å². The fraction of sp³-hybridized carbons (Fsp3) is 0.444. The number of nitrogens with two attached hydrogens (primary N) is 1. The molecule has 1 atom stereocenters. The van der Waals surface area contributed by atoms with Gasteiger partial charge in [-0.15, -0.1) is 0 Å². The summed E-state index contributed by atoms with van der Waals surface area (Å²) in [6, 6.07) is 1.56. The van der Waals surface area contributed by atoms with Crippen LogP contribution in [0.3, 0.4) is 0 Å². The molecule has 1 unspecified atom stereocenters. The second kappa shape index (κ2) is 5.39. The average molecular weight is 250 g/mol. The summed E-state index contributed by atoms with van der Waals surface area (Å²) in [5, 5.41) is 3.32. The van der Waals surface area contributed by atoms with Gasteiger partial charge in [0, 0.05) is 12.6 Å². The highest BCUT2D eigenvalue weighted by molar-refractivity contribution is 6.41. The Labute approximate surface area is 98.1 Å². The normalized spacial score (nSPS) is 12.5. The van der Waals surface area contributed by atoms with Crippen molar-refractivity contribution in [3.8, 4) is 0 Å². The van der Waals surface area contributed by atoms with Gasteiger partial charge in [0.1, 0.15) is 10.8 Å². The van der Waals surface area contributed by atoms with Gasteiger partial charge in [0.25, 0.3) is 5.91 Å². The van der Waals surface area contributed by atoms with Crippen molar-refractivity contribution >= 4 is 29.1 Å². The van der Waals surface area contributed by atoms with Crippen LogP contribution in [0.15, 0.2) is 6.07 Å². The smallest absolute Gasteiger partial charge is 0.267 e. The molecule has 0 spiro atoms. The molecule has 0 saturated heterocycles. The van der Waals surface area contributed by atoms with Gasteiger partial charge in [-0.05, 0) is 19.4 Å². The molecule has 15 heavy (non-hydrogen) atoms. The number of aromatic amines is 1. The molecule has 0 radical (unpaired) electrons. The minimum Gasteiger partial charge on any atom is -0.351 e. The van der Waals surface area contributed by atoms with E-state index in [1.54, 1.807) is 0 Å². The lowest BCUT2D eigenvalue weighted by Gasteiger charge is -2.05. The minimum atomic E-state index is -0.232. The summed E-state index contributed by atoms with van der Waals surface area (Å²) in [6.07, 6.45) is 0.730. The van der Waals surface area contributed by atoms with E-state index in [2.05, 4.69) is 10.3 Å². The van der Waals surface area contributed by atoms with E-state index in [-0.39, 0.29) is 17.1 Å². The Balaban J connectivity index is 2.47. The fourth-order valence-electron chi connectivity index (χ4n) is 1.04. The molecule has 1 heterocycles. The van der Waals surface area contributed by atoms with Crippen LogP contribution in [-0.4, -0.2) is 23.5 Å². The number of carbonyl (C=O) groups is 1. The molecule has 1 amide bonds. The Kier molecular flexibility index (Phi) is 4.45. The fourth-order valence-corrected chi connectivity index (χ4v) is 1.35. The Morgan fingerprint density at radius 2 is 2.33 bits per heavy atom. The molecule has 6 heteroatoms. The first-order chi connectivity index (χ1) is 7.00. The molecule has 0 aliphatic heterocycles. The van der Waals surface area contributed by atoms with Gasteiger partial charge in [-0.3, -0.25) is 4.79 Å². The Morgan fingerprint density at radius 1 is 1.67 bits per heavy atom. The Morgan fingerprint density at radius 3 is 2.80 bits per heavy atom. The number of nitrogens with one attached hydrogen (secondary N) is 2. The zero-order chi connectivity index (χ0) is 11.4. The van der Waals surface area contributed by atoms with Crippen molar-refractivity contribution in [3.63, 3.8) is 0 Å². The van der Waals surface area contributed by atoms with Gasteiger partial charge in [-0.25, -0.2) is 0 Å². The van der Waals surface area contributed by atoms with E-state index in [0.717, 1.165) is 6.42 Å². The summed E-state index contributed by atoms with van der Waals surface area (Å²) in [7, 11) is 0. The van der Waals surface area contributed by atoms with Crippen molar-refractivity contribution in [3.05, 3.63) is 21.9 Å². The van der Waals surface area contributed by atoms with Crippen molar-refractivity contribution in [2.45, 2.75) is 19.4 Å². The van der Waals surface area contributed by atoms with E-state index in [0.29, 0.717) is 17.3 Å². The molecule has 4 N–H and O–H groups in total. The first-order valence-corrected chi connectivity index (χ1v) is 5.34. The minimum absolute atomic E-state index is 0.0705. The predicted molar refractivity (Wildman–Crippen MR) is 61.4 cm³/mol. The van der Waals surface area contributed by atoms with Crippen LogP contribution in [0.2, 0.25) is 10.2 Å². The number of carbonyl (C=O) groups excluding carboxylic acids is 1. The monoisotopic (exact) mass is 249 g/mol. The largest absolute Gasteiger partial charge is 0.351 e. The molecular weight excluding hydrogens is 237 g/mol. The van der Waals surface area contributed by atoms with Crippen molar-refractivity contribution in [1.29, 1.82) is 0 Å². The maximum absolute atomic E-state index is 11.5. The molecule has 0 saturated carbocycles. The summed E-state index contributed by atoms with van der Waals surface area (Å²) in [5.41, 5.74) is 5.90. The highest BCUT2D eigenvalue weighted by Crippen LogP contribution is 2.21. The van der Waals surface area contributed by atoms with E-state index in [1.165, 1.54) is 6.07 Å². The SMILES string of the molecule is CC(N)CCNC(=O)c1cc(Cl)c(Cl)[nH]1. The summed E-state index contributed by atoms with van der Waals surface area (Å²) in [5.74, 6) is -0.232. The molecule has 0 aliphatic rings. The third-order valence-corrected chi connectivity index (χ3v) is 2.55. The summed E-state index contributed by atoms with van der Waals surface area (Å²) < 4.78 is 0. The highest BCUT2D eigenvalue weighted by Gasteiger charge is 2.10. The van der Waals surface area contributed by atoms with E-state index in [1.807, 2.05) is 6.92 Å². The Hall–Kier alpha value is -0.710. The molecule has 0 bridgehead atoms. The first-order valence-electron chi connectivity index (χ1n) is 4.58. The number of hydrogen-bond donors (Lipinski definition) is 3. The summed E-state index contributed by atoms with van der Waals surface area (Å²) in [4.78, 5) is 14.2. The van der Waals surface area contributed by atoms with Gasteiger partial charge in [0.05, 0.1) is 5.02 Å². The molecule has 1 aromatic heterocycles. The van der Waals surface area contributed by atoms with Crippen LogP contribution in [0.1, 0.15) is 23.8 Å². The lowest BCUT2D eigenvalue weighted by atomic mass is 10.2. The number of aromatic nitrogens is 1. The molecule has 0 fully saturated rings. The summed E-state index contributed by atoms with van der Waals surface area (Å²) in [6.45, 7) is 2.42. The van der Waals surface area contributed by atoms with Crippen LogP contribution < -0.4 is 11.1 Å². The zero-order valence-corrected chi connectivity index (χ0v) is 9.82. The summed E-state index contributed by atoms with van der Waals surface area (Å²) >= 11 is 11.4. The Bertz CT molecular complexity index is 330. The average Bonchev–Trinajstić information content (AvgIpc) is 2.46. The van der Waals surface area contributed by atoms with Gasteiger partial charge in [0.2, 0.25) is 0 Å². The van der Waals surface area contributed by atoms with Crippen LogP contribution in [0.4, 0.5) is 0 Å². The molecule has 0 aliphatic carbocycles. The number of hydrogen-bond acceptors (Lipinski definition) is 2. The third kappa shape index (κ3) is 3.74. The number of H-pyrrole nitrogens is 1. The quantitative estimate of drug-likeness (QED) is 0.762. The molecule has 84 valence electrons. The van der Waals surface area contributed by atoms with Gasteiger partial charge >= 0.3 is 0 Å². The molecule has 0 aromatic carbocycles. The number of rotatable bonds is 4. The van der Waals surface area contributed by atoms with Gasteiger partial charge in [-0.1, -0.05) is 23.2 Å². The predicted octanol–water partition coefficient (Wildman–Crippen LogP) is 1.79. The van der Waals surface area contributed by atoms with Crippen LogP contribution in [0, 0.1) is 0 Å². The molecule has 1 aromatic rings. The van der Waals surface area contributed by atoms with Gasteiger partial charge < -0.3 is 16.0 Å². The molecule has 1 rings (SSSR count). The van der Waals surface area contributed by atoms with Gasteiger partial charge in [0.15, 0.2) is 0 Å². The van der Waals surface area contributed by atoms with Crippen molar-refractivity contribution in [2.24, 2.45) is 5.73 Å². The van der Waals surface area contributed by atoms with Crippen molar-refractivity contribution in [2.75, 3.05) is 6.54 Å². The topological polar surface area (TPSA) is 70.9 Å². The van der Waals surface area contributed by atoms with Gasteiger partial charge in [-0.2, -0.15) is 0 Å². The van der Waals surface area contributed by atoms with Crippen LogP contribution in [0.25, 0.3) is 0 Å². The van der Waals surface area contributed by atoms with E-state index in [4.69, 9.17) is 28.9 Å². The standard InChI is InChI=1S/C9H13Cl2N3O/c1-5(12)2-3-13-9(15)7-4-6(10)8(11)14-7/h4-5,14H,2-3,12H2,1H3,(H,13,15). The molecular formula is C9H13Cl2N3O. The van der Waals surface area contributed by atoms with E-state index in [9.17, 15) is 4.79 Å². The zero-order valence-electron chi connectivity index (χ0n) is 8.31. The van der Waals surface area contributed by atoms with Crippen LogP contribution in [0.5, 0.6) is 0 Å². The number of amides is 1. The lowest BCUT2D eigenvalue weighted by molar-refractivity contribution is 0.0948. The lowest BCUT2D eigenvalue weighted by Crippen LogP contribution is -2.29. The van der Waals surface area contributed by atoms with Crippen LogP contribution >= 0.6 is 23.2 Å². The van der Waals surface area contributed by atoms with E-state index < -0.39 is 0 Å². The number of halogens is 2. The highest BCUT2D eigenvalue weighted by atomic mass is 35.5. The maximum atomic E-state index is 11.5. The van der Waals surface area contributed by atoms with Crippen LogP contribution in [-0.2, 0) is 0 Å². The second-order valence-corrected chi connectivity index (χ2v) is 4.15. The van der Waals surface area contributed by atoms with Crippen molar-refractivity contribution < 1.29 is 4.79 Å². The second-order valence-electron chi connectivity index (χ2n) is 3.37. The van der Waals surface area contributed by atoms with Crippen molar-refractivity contribution in [1.82, 2.24) is 10.3 Å². The maximum Gasteiger partial charge on any atom is 0.267 e.